The lowest BCUT2D eigenvalue weighted by molar-refractivity contribution is 0.808. The van der Waals surface area contributed by atoms with Gasteiger partial charge in [0.1, 0.15) is 0 Å². The van der Waals surface area contributed by atoms with Crippen LogP contribution in [0.2, 0.25) is 0 Å². The number of nitrogens with zero attached hydrogens (tertiary/aromatic N) is 1. The molecule has 0 aliphatic rings. The number of nitrogens with two attached hydrogens (primary N) is 1. The van der Waals surface area contributed by atoms with Crippen LogP contribution in [0, 0.1) is 0 Å². The lowest BCUT2D eigenvalue weighted by Gasteiger charge is -2.07. The van der Waals surface area contributed by atoms with E-state index in [2.05, 4.69) is 11.6 Å². The van der Waals surface area contributed by atoms with Crippen molar-refractivity contribution >= 4 is 6.08 Å². The molecule has 58 valence electrons. The van der Waals surface area contributed by atoms with Gasteiger partial charge in [0.2, 0.25) is 0 Å². The summed E-state index contributed by atoms with van der Waals surface area (Å²) in [5.41, 5.74) is 7.62. The van der Waals surface area contributed by atoms with Gasteiger partial charge < -0.3 is 5.73 Å². The van der Waals surface area contributed by atoms with E-state index in [0.717, 1.165) is 11.3 Å². The van der Waals surface area contributed by atoms with Crippen LogP contribution >= 0.6 is 0 Å². The third kappa shape index (κ3) is 1.65. The number of rotatable bonds is 2. The SMILES string of the molecule is C=Cc1ncccc1[C@@H](C)N. The molecule has 2 nitrogen and oxygen atoms in total. The first-order valence-electron chi connectivity index (χ1n) is 3.58. The van der Waals surface area contributed by atoms with Crippen molar-refractivity contribution in [3.05, 3.63) is 36.2 Å². The van der Waals surface area contributed by atoms with Gasteiger partial charge in [0, 0.05) is 12.2 Å². The summed E-state index contributed by atoms with van der Waals surface area (Å²) in [6, 6.07) is 3.87. The van der Waals surface area contributed by atoms with Crippen LogP contribution in [0.25, 0.3) is 6.08 Å². The number of pyridine rings is 1. The summed E-state index contributed by atoms with van der Waals surface area (Å²) >= 11 is 0. The highest BCUT2D eigenvalue weighted by Crippen LogP contribution is 2.13. The minimum absolute atomic E-state index is 0.0247. The van der Waals surface area contributed by atoms with Crippen molar-refractivity contribution in [2.45, 2.75) is 13.0 Å². The van der Waals surface area contributed by atoms with Crippen LogP contribution in [0.4, 0.5) is 0 Å². The third-order valence-electron chi connectivity index (χ3n) is 1.56. The Labute approximate surface area is 66.8 Å². The van der Waals surface area contributed by atoms with Gasteiger partial charge in [-0.1, -0.05) is 12.6 Å². The minimum Gasteiger partial charge on any atom is -0.324 e. The van der Waals surface area contributed by atoms with E-state index in [9.17, 15) is 0 Å². The van der Waals surface area contributed by atoms with Crippen LogP contribution in [0.5, 0.6) is 0 Å². The number of hydrogen-bond donors (Lipinski definition) is 1. The zero-order valence-electron chi connectivity index (χ0n) is 6.62. The third-order valence-corrected chi connectivity index (χ3v) is 1.56. The fourth-order valence-electron chi connectivity index (χ4n) is 0.986. The molecule has 0 aromatic carbocycles. The normalized spacial score (nSPS) is 12.5. The zero-order valence-corrected chi connectivity index (χ0v) is 6.62. The van der Waals surface area contributed by atoms with Gasteiger partial charge in [0.15, 0.2) is 0 Å². The molecule has 0 radical (unpaired) electrons. The molecule has 0 amide bonds. The molecule has 0 saturated heterocycles. The molecular formula is C9H12N2. The van der Waals surface area contributed by atoms with Gasteiger partial charge >= 0.3 is 0 Å². The van der Waals surface area contributed by atoms with Crippen molar-refractivity contribution in [1.29, 1.82) is 0 Å². The average molecular weight is 148 g/mol. The maximum absolute atomic E-state index is 5.70. The van der Waals surface area contributed by atoms with Gasteiger partial charge in [-0.05, 0) is 24.6 Å². The van der Waals surface area contributed by atoms with Crippen molar-refractivity contribution in [3.63, 3.8) is 0 Å². The molecule has 11 heavy (non-hydrogen) atoms. The van der Waals surface area contributed by atoms with Crippen LogP contribution in [0.3, 0.4) is 0 Å². The quantitative estimate of drug-likeness (QED) is 0.693. The smallest absolute Gasteiger partial charge is 0.0671 e. The van der Waals surface area contributed by atoms with E-state index in [0.29, 0.717) is 0 Å². The van der Waals surface area contributed by atoms with Gasteiger partial charge in [-0.3, -0.25) is 4.98 Å². The van der Waals surface area contributed by atoms with E-state index < -0.39 is 0 Å². The Morgan fingerprint density at radius 2 is 2.45 bits per heavy atom. The molecule has 0 spiro atoms. The van der Waals surface area contributed by atoms with Crippen LogP contribution in [0.15, 0.2) is 24.9 Å². The van der Waals surface area contributed by atoms with Crippen LogP contribution in [-0.4, -0.2) is 4.98 Å². The van der Waals surface area contributed by atoms with Crippen molar-refractivity contribution in [3.8, 4) is 0 Å². The molecule has 1 aromatic heterocycles. The van der Waals surface area contributed by atoms with Gasteiger partial charge in [-0.15, -0.1) is 0 Å². The summed E-state index contributed by atoms with van der Waals surface area (Å²) in [7, 11) is 0. The van der Waals surface area contributed by atoms with E-state index in [1.807, 2.05) is 19.1 Å². The Morgan fingerprint density at radius 3 is 2.91 bits per heavy atom. The van der Waals surface area contributed by atoms with Crippen molar-refractivity contribution in [2.24, 2.45) is 5.73 Å². The molecule has 1 heterocycles. The largest absolute Gasteiger partial charge is 0.324 e. The molecule has 0 aliphatic heterocycles. The molecule has 0 saturated carbocycles. The second-order valence-electron chi connectivity index (χ2n) is 2.47. The average Bonchev–Trinajstić information content (AvgIpc) is 2.04. The first-order valence-corrected chi connectivity index (χ1v) is 3.58. The second-order valence-corrected chi connectivity index (χ2v) is 2.47. The summed E-state index contributed by atoms with van der Waals surface area (Å²) in [4.78, 5) is 4.12. The Kier molecular flexibility index (Phi) is 2.39. The van der Waals surface area contributed by atoms with Crippen molar-refractivity contribution in [1.82, 2.24) is 4.98 Å². The van der Waals surface area contributed by atoms with Crippen LogP contribution in [0.1, 0.15) is 24.2 Å². The van der Waals surface area contributed by atoms with Gasteiger partial charge in [0.05, 0.1) is 5.69 Å². The molecule has 0 bridgehead atoms. The maximum Gasteiger partial charge on any atom is 0.0671 e. The van der Waals surface area contributed by atoms with Gasteiger partial charge in [-0.25, -0.2) is 0 Å². The minimum atomic E-state index is 0.0247. The molecular weight excluding hydrogens is 136 g/mol. The first-order chi connectivity index (χ1) is 5.25. The van der Waals surface area contributed by atoms with Crippen LogP contribution < -0.4 is 5.73 Å². The van der Waals surface area contributed by atoms with Gasteiger partial charge in [0.25, 0.3) is 0 Å². The first kappa shape index (κ1) is 7.95. The fourth-order valence-corrected chi connectivity index (χ4v) is 0.986. The Morgan fingerprint density at radius 1 is 1.73 bits per heavy atom. The second kappa shape index (κ2) is 3.30. The summed E-state index contributed by atoms with van der Waals surface area (Å²) in [5, 5.41) is 0. The van der Waals surface area contributed by atoms with Gasteiger partial charge in [-0.2, -0.15) is 0 Å². The molecule has 0 aliphatic carbocycles. The lowest BCUT2D eigenvalue weighted by atomic mass is 10.1. The summed E-state index contributed by atoms with van der Waals surface area (Å²) < 4.78 is 0. The number of hydrogen-bond acceptors (Lipinski definition) is 2. The standard InChI is InChI=1S/C9H12N2/c1-3-9-8(7(2)10)5-4-6-11-9/h3-7H,1,10H2,2H3/t7-/m1/s1. The van der Waals surface area contributed by atoms with Crippen molar-refractivity contribution < 1.29 is 0 Å². The molecule has 0 unspecified atom stereocenters. The van der Waals surface area contributed by atoms with Crippen LogP contribution in [-0.2, 0) is 0 Å². The Balaban J connectivity index is 3.12. The summed E-state index contributed by atoms with van der Waals surface area (Å²) in [6.07, 6.45) is 3.46. The molecule has 1 aromatic rings. The zero-order chi connectivity index (χ0) is 8.27. The van der Waals surface area contributed by atoms with E-state index in [1.165, 1.54) is 0 Å². The predicted molar refractivity (Wildman–Crippen MR) is 46.9 cm³/mol. The van der Waals surface area contributed by atoms with Crippen molar-refractivity contribution in [2.75, 3.05) is 0 Å². The summed E-state index contributed by atoms with van der Waals surface area (Å²) in [6.45, 7) is 5.59. The highest BCUT2D eigenvalue weighted by Gasteiger charge is 2.02. The highest BCUT2D eigenvalue weighted by molar-refractivity contribution is 5.47. The topological polar surface area (TPSA) is 38.9 Å². The monoisotopic (exact) mass is 148 g/mol. The Hall–Kier alpha value is -1.15. The van der Waals surface area contributed by atoms with E-state index in [4.69, 9.17) is 5.73 Å². The molecule has 2 heteroatoms. The van der Waals surface area contributed by atoms with E-state index >= 15 is 0 Å². The fraction of sp³-hybridized carbons (Fsp3) is 0.222. The van der Waals surface area contributed by atoms with E-state index in [-0.39, 0.29) is 6.04 Å². The molecule has 1 rings (SSSR count). The Bertz CT molecular complexity index is 253. The van der Waals surface area contributed by atoms with E-state index in [1.54, 1.807) is 12.3 Å². The number of aromatic nitrogens is 1. The molecule has 2 N–H and O–H groups in total. The molecule has 1 atom stereocenters. The predicted octanol–water partition coefficient (Wildman–Crippen LogP) is 1.74. The maximum atomic E-state index is 5.70. The molecule has 0 fully saturated rings. The highest BCUT2D eigenvalue weighted by atomic mass is 14.7. The lowest BCUT2D eigenvalue weighted by Crippen LogP contribution is -2.07. The summed E-state index contributed by atoms with van der Waals surface area (Å²) in [5.74, 6) is 0.